The minimum atomic E-state index is -0.696. The van der Waals surface area contributed by atoms with E-state index in [1.807, 2.05) is 13.0 Å². The van der Waals surface area contributed by atoms with Gasteiger partial charge in [0.15, 0.2) is 0 Å². The normalized spacial score (nSPS) is 11.5. The molecule has 13 heavy (non-hydrogen) atoms. The Morgan fingerprint density at radius 1 is 1.23 bits per heavy atom. The molecule has 0 atom stereocenters. The summed E-state index contributed by atoms with van der Waals surface area (Å²) < 4.78 is 0. The minimum Gasteiger partial charge on any atom is -0.481 e. The number of unbranched alkanes of at least 4 members (excludes halogenated alkanes) is 2. The molecule has 0 heterocycles. The molecule has 0 unspecified atom stereocenters. The Labute approximate surface area is 80.0 Å². The Hall–Kier alpha value is -1.05. The van der Waals surface area contributed by atoms with Crippen molar-refractivity contribution in [2.45, 2.75) is 39.0 Å². The highest BCUT2D eigenvalue weighted by molar-refractivity contribution is 5.66. The van der Waals surface area contributed by atoms with Gasteiger partial charge in [-0.25, -0.2) is 0 Å². The van der Waals surface area contributed by atoms with Gasteiger partial charge in [0.05, 0.1) is 0 Å². The standard InChI is InChI=1S/C11H18O2/c1-2-3-4-5-6-7-8-9-10-11(12)13/h2-3,5-6H,4,7-10H2,1H3,(H,12,13)/b3-2-,6-5-. The molecule has 0 radical (unpaired) electrons. The summed E-state index contributed by atoms with van der Waals surface area (Å²) in [6.45, 7) is 2.00. The fraction of sp³-hybridized carbons (Fsp3) is 0.545. The Balaban J connectivity index is 3.15. The second-order valence-electron chi connectivity index (χ2n) is 2.92. The molecule has 0 saturated heterocycles. The van der Waals surface area contributed by atoms with Crippen molar-refractivity contribution >= 4 is 5.97 Å². The number of allylic oxidation sites excluding steroid dienone is 4. The summed E-state index contributed by atoms with van der Waals surface area (Å²) in [5.74, 6) is -0.696. The molecule has 0 spiro atoms. The van der Waals surface area contributed by atoms with Crippen LogP contribution in [0, 0.1) is 0 Å². The molecule has 0 rings (SSSR count). The predicted molar refractivity (Wildman–Crippen MR) is 54.7 cm³/mol. The molecule has 2 heteroatoms. The third kappa shape index (κ3) is 10.9. The molecule has 0 amide bonds. The van der Waals surface area contributed by atoms with E-state index in [1.54, 1.807) is 0 Å². The van der Waals surface area contributed by atoms with Gasteiger partial charge in [-0.3, -0.25) is 4.79 Å². The van der Waals surface area contributed by atoms with Crippen molar-refractivity contribution in [2.24, 2.45) is 0 Å². The Morgan fingerprint density at radius 2 is 2.00 bits per heavy atom. The van der Waals surface area contributed by atoms with E-state index in [2.05, 4.69) is 18.2 Å². The van der Waals surface area contributed by atoms with E-state index >= 15 is 0 Å². The lowest BCUT2D eigenvalue weighted by atomic mass is 10.2. The molecule has 0 aromatic heterocycles. The number of aliphatic carboxylic acids is 1. The van der Waals surface area contributed by atoms with Crippen molar-refractivity contribution in [1.29, 1.82) is 0 Å². The molecule has 0 aliphatic carbocycles. The van der Waals surface area contributed by atoms with Gasteiger partial charge in [-0.05, 0) is 32.6 Å². The fourth-order valence-electron chi connectivity index (χ4n) is 0.967. The van der Waals surface area contributed by atoms with Crippen LogP contribution in [0.3, 0.4) is 0 Å². The maximum Gasteiger partial charge on any atom is 0.303 e. The van der Waals surface area contributed by atoms with Gasteiger partial charge in [0.1, 0.15) is 0 Å². The SMILES string of the molecule is C/C=C\C/C=C\CCCCC(=O)O. The molecule has 1 N–H and O–H groups in total. The zero-order valence-electron chi connectivity index (χ0n) is 8.20. The average Bonchev–Trinajstić information content (AvgIpc) is 2.09. The molecule has 0 aliphatic rings. The van der Waals surface area contributed by atoms with Gasteiger partial charge in [0.2, 0.25) is 0 Å². The van der Waals surface area contributed by atoms with Crippen molar-refractivity contribution in [3.05, 3.63) is 24.3 Å². The van der Waals surface area contributed by atoms with Gasteiger partial charge >= 0.3 is 5.97 Å². The van der Waals surface area contributed by atoms with Crippen LogP contribution in [0.2, 0.25) is 0 Å². The van der Waals surface area contributed by atoms with Crippen LogP contribution >= 0.6 is 0 Å². The average molecular weight is 182 g/mol. The molecular weight excluding hydrogens is 164 g/mol. The third-order valence-electron chi connectivity index (χ3n) is 1.69. The van der Waals surface area contributed by atoms with Crippen LogP contribution in [0.15, 0.2) is 24.3 Å². The molecule has 0 bridgehead atoms. The zero-order chi connectivity index (χ0) is 9.94. The Morgan fingerprint density at radius 3 is 2.62 bits per heavy atom. The van der Waals surface area contributed by atoms with E-state index in [0.29, 0.717) is 6.42 Å². The second-order valence-corrected chi connectivity index (χ2v) is 2.92. The number of hydrogen-bond acceptors (Lipinski definition) is 1. The van der Waals surface area contributed by atoms with Gasteiger partial charge in [0.25, 0.3) is 0 Å². The maximum atomic E-state index is 10.1. The van der Waals surface area contributed by atoms with E-state index in [-0.39, 0.29) is 0 Å². The summed E-state index contributed by atoms with van der Waals surface area (Å²) in [5, 5.41) is 8.36. The van der Waals surface area contributed by atoms with E-state index in [9.17, 15) is 4.79 Å². The van der Waals surface area contributed by atoms with Crippen molar-refractivity contribution in [3.63, 3.8) is 0 Å². The lowest BCUT2D eigenvalue weighted by molar-refractivity contribution is -0.137. The molecular formula is C11H18O2. The van der Waals surface area contributed by atoms with Crippen molar-refractivity contribution in [2.75, 3.05) is 0 Å². The predicted octanol–water partition coefficient (Wildman–Crippen LogP) is 3.15. The molecule has 0 fully saturated rings. The van der Waals surface area contributed by atoms with Crippen molar-refractivity contribution in [1.82, 2.24) is 0 Å². The van der Waals surface area contributed by atoms with Crippen LogP contribution in [0.25, 0.3) is 0 Å². The van der Waals surface area contributed by atoms with Gasteiger partial charge in [-0.15, -0.1) is 0 Å². The monoisotopic (exact) mass is 182 g/mol. The molecule has 74 valence electrons. The van der Waals surface area contributed by atoms with E-state index < -0.39 is 5.97 Å². The Bertz CT molecular complexity index is 181. The summed E-state index contributed by atoms with van der Waals surface area (Å²) in [7, 11) is 0. The van der Waals surface area contributed by atoms with Crippen LogP contribution in [0.4, 0.5) is 0 Å². The summed E-state index contributed by atoms with van der Waals surface area (Å²) in [6.07, 6.45) is 12.4. The first kappa shape index (κ1) is 11.9. The van der Waals surface area contributed by atoms with Crippen molar-refractivity contribution < 1.29 is 9.90 Å². The zero-order valence-corrected chi connectivity index (χ0v) is 8.20. The summed E-state index contributed by atoms with van der Waals surface area (Å²) >= 11 is 0. The number of rotatable bonds is 7. The van der Waals surface area contributed by atoms with Gasteiger partial charge in [-0.1, -0.05) is 24.3 Å². The highest BCUT2D eigenvalue weighted by atomic mass is 16.4. The first-order valence-corrected chi connectivity index (χ1v) is 4.75. The van der Waals surface area contributed by atoms with Crippen molar-refractivity contribution in [3.8, 4) is 0 Å². The molecule has 0 aromatic carbocycles. The summed E-state index contributed by atoms with van der Waals surface area (Å²) in [4.78, 5) is 10.1. The highest BCUT2D eigenvalue weighted by Gasteiger charge is 1.93. The summed E-state index contributed by atoms with van der Waals surface area (Å²) in [5.41, 5.74) is 0. The minimum absolute atomic E-state index is 0.294. The van der Waals surface area contributed by atoms with Crippen LogP contribution < -0.4 is 0 Å². The highest BCUT2D eigenvalue weighted by Crippen LogP contribution is 2.01. The number of carboxylic acids is 1. The van der Waals surface area contributed by atoms with E-state index in [4.69, 9.17) is 5.11 Å². The molecule has 0 aromatic rings. The largest absolute Gasteiger partial charge is 0.481 e. The molecule has 2 nitrogen and oxygen atoms in total. The first-order chi connectivity index (χ1) is 6.27. The number of hydrogen-bond donors (Lipinski definition) is 1. The second kappa shape index (κ2) is 9.04. The van der Waals surface area contributed by atoms with E-state index in [0.717, 1.165) is 25.7 Å². The maximum absolute atomic E-state index is 10.1. The lowest BCUT2D eigenvalue weighted by Crippen LogP contribution is -1.92. The van der Waals surface area contributed by atoms with Gasteiger partial charge < -0.3 is 5.11 Å². The van der Waals surface area contributed by atoms with Gasteiger partial charge in [-0.2, -0.15) is 0 Å². The summed E-state index contributed by atoms with van der Waals surface area (Å²) in [6, 6.07) is 0. The topological polar surface area (TPSA) is 37.3 Å². The van der Waals surface area contributed by atoms with Crippen LogP contribution in [-0.2, 0) is 4.79 Å². The number of carbonyl (C=O) groups is 1. The first-order valence-electron chi connectivity index (χ1n) is 4.75. The van der Waals surface area contributed by atoms with Crippen LogP contribution in [0.1, 0.15) is 39.0 Å². The smallest absolute Gasteiger partial charge is 0.303 e. The van der Waals surface area contributed by atoms with Crippen LogP contribution in [-0.4, -0.2) is 11.1 Å². The van der Waals surface area contributed by atoms with E-state index in [1.165, 1.54) is 0 Å². The van der Waals surface area contributed by atoms with Gasteiger partial charge in [0, 0.05) is 6.42 Å². The fourth-order valence-corrected chi connectivity index (χ4v) is 0.967. The quantitative estimate of drug-likeness (QED) is 0.485. The number of carboxylic acid groups (broad SMARTS) is 1. The Kier molecular flexibility index (Phi) is 8.31. The lowest BCUT2D eigenvalue weighted by Gasteiger charge is -1.92. The molecule has 0 saturated carbocycles. The van der Waals surface area contributed by atoms with Crippen LogP contribution in [0.5, 0.6) is 0 Å². The third-order valence-corrected chi connectivity index (χ3v) is 1.69. The molecule has 0 aliphatic heterocycles.